The first-order valence-corrected chi connectivity index (χ1v) is 20.2. The third kappa shape index (κ3) is 9.38. The number of urea groups is 1. The minimum absolute atomic E-state index is 0.0127. The fourth-order valence-electron chi connectivity index (χ4n) is 7.36. The van der Waals surface area contributed by atoms with E-state index in [4.69, 9.17) is 37.4 Å². The number of aryl methyl sites for hydroxylation is 1. The standard InChI is InChI=1S/C46H40Cl2N6O7/c1-26-27(2)50-14-13-35(26)30-6-3-28(4-7-30)18-38(45(56)57)52-44(55)39-19-32-20-40-41(21-33(32)23-54(39)46(58)53-43-22-49-15-16-51-43)61-42(25-60-40)31-8-10-34(11-9-31)59-24-29-5-12-36(47)37(48)17-29/h3-17,20-22,38-39,42H,18-19,23-25H2,1-2H3,(H,52,55)(H,56,57)(H,51,53,58)/t38?,39-,42+/m0/s1. The lowest BCUT2D eigenvalue weighted by Crippen LogP contribution is -2.56. The number of halogens is 2. The van der Waals surface area contributed by atoms with Gasteiger partial charge in [-0.15, -0.1) is 0 Å². The number of rotatable bonds is 11. The van der Waals surface area contributed by atoms with Crippen molar-refractivity contribution in [3.05, 3.63) is 159 Å². The van der Waals surface area contributed by atoms with E-state index in [1.165, 1.54) is 23.5 Å². The smallest absolute Gasteiger partial charge is 0.326 e. The van der Waals surface area contributed by atoms with E-state index >= 15 is 0 Å². The summed E-state index contributed by atoms with van der Waals surface area (Å²) in [6.45, 7) is 4.52. The molecule has 2 aliphatic rings. The number of fused-ring (bicyclic) bond motifs is 2. The van der Waals surface area contributed by atoms with Crippen LogP contribution in [0.1, 0.15) is 45.2 Å². The molecule has 3 N–H and O–H groups in total. The molecule has 3 atom stereocenters. The summed E-state index contributed by atoms with van der Waals surface area (Å²) in [5.41, 5.74) is 7.96. The minimum Gasteiger partial charge on any atom is -0.489 e. The molecule has 0 bridgehead atoms. The fourth-order valence-corrected chi connectivity index (χ4v) is 7.68. The van der Waals surface area contributed by atoms with Crippen LogP contribution in [0.3, 0.4) is 0 Å². The molecule has 0 aliphatic carbocycles. The number of hydrogen-bond donors (Lipinski definition) is 3. The monoisotopic (exact) mass is 858 g/mol. The molecule has 2 aliphatic heterocycles. The highest BCUT2D eigenvalue weighted by atomic mass is 35.5. The normalized spacial score (nSPS) is 15.9. The van der Waals surface area contributed by atoms with E-state index in [2.05, 4.69) is 25.6 Å². The highest BCUT2D eigenvalue weighted by Gasteiger charge is 2.38. The number of carboxylic acid groups (broad SMARTS) is 1. The lowest BCUT2D eigenvalue weighted by Gasteiger charge is -2.37. The largest absolute Gasteiger partial charge is 0.489 e. The van der Waals surface area contributed by atoms with Gasteiger partial charge in [-0.25, -0.2) is 14.6 Å². The molecule has 4 aromatic carbocycles. The van der Waals surface area contributed by atoms with Gasteiger partial charge in [0.1, 0.15) is 31.0 Å². The predicted molar refractivity (Wildman–Crippen MR) is 229 cm³/mol. The lowest BCUT2D eigenvalue weighted by atomic mass is 9.92. The van der Waals surface area contributed by atoms with Crippen LogP contribution in [-0.4, -0.2) is 61.6 Å². The number of hydrogen-bond acceptors (Lipinski definition) is 9. The van der Waals surface area contributed by atoms with E-state index < -0.39 is 36.1 Å². The quantitative estimate of drug-likeness (QED) is 0.115. The van der Waals surface area contributed by atoms with Crippen LogP contribution in [0.2, 0.25) is 10.0 Å². The van der Waals surface area contributed by atoms with Gasteiger partial charge < -0.3 is 29.5 Å². The molecule has 15 heteroatoms. The van der Waals surface area contributed by atoms with E-state index in [0.29, 0.717) is 33.9 Å². The Labute approximate surface area is 361 Å². The first-order chi connectivity index (χ1) is 29.5. The zero-order chi connectivity index (χ0) is 42.6. The zero-order valence-corrected chi connectivity index (χ0v) is 34.6. The average molecular weight is 860 g/mol. The van der Waals surface area contributed by atoms with Gasteiger partial charge >= 0.3 is 12.0 Å². The Bertz CT molecular complexity index is 2600. The van der Waals surface area contributed by atoms with Crippen LogP contribution >= 0.6 is 23.2 Å². The summed E-state index contributed by atoms with van der Waals surface area (Å²) in [7, 11) is 0. The van der Waals surface area contributed by atoms with Crippen LogP contribution in [0, 0.1) is 13.8 Å². The van der Waals surface area contributed by atoms with Gasteiger partial charge in [0.15, 0.2) is 23.4 Å². The summed E-state index contributed by atoms with van der Waals surface area (Å²) in [4.78, 5) is 54.5. The number of nitrogens with one attached hydrogen (secondary N) is 2. The molecule has 61 heavy (non-hydrogen) atoms. The average Bonchev–Trinajstić information content (AvgIpc) is 3.27. The number of aromatic nitrogens is 3. The van der Waals surface area contributed by atoms with Crippen molar-refractivity contribution in [2.45, 2.75) is 58.0 Å². The second-order valence-electron chi connectivity index (χ2n) is 14.8. The van der Waals surface area contributed by atoms with Crippen molar-refractivity contribution in [3.8, 4) is 28.4 Å². The Morgan fingerprint density at radius 1 is 0.885 bits per heavy atom. The van der Waals surface area contributed by atoms with Crippen LogP contribution in [0.5, 0.6) is 17.2 Å². The number of pyridine rings is 1. The van der Waals surface area contributed by atoms with E-state index in [0.717, 1.165) is 50.2 Å². The number of carbonyl (C=O) groups excluding carboxylic acids is 2. The Kier molecular flexibility index (Phi) is 12.0. The molecular formula is C46H40Cl2N6O7. The molecular weight excluding hydrogens is 819 g/mol. The molecule has 0 radical (unpaired) electrons. The number of nitrogens with zero attached hydrogens (tertiary/aromatic N) is 4. The first-order valence-electron chi connectivity index (χ1n) is 19.5. The van der Waals surface area contributed by atoms with Crippen molar-refractivity contribution in [1.29, 1.82) is 0 Å². The molecule has 0 saturated carbocycles. The molecule has 4 heterocycles. The molecule has 310 valence electrons. The highest BCUT2D eigenvalue weighted by Crippen LogP contribution is 2.41. The topological polar surface area (TPSA) is 165 Å². The van der Waals surface area contributed by atoms with Gasteiger partial charge in [-0.2, -0.15) is 0 Å². The molecule has 6 aromatic rings. The molecule has 0 fully saturated rings. The Hall–Kier alpha value is -6.70. The summed E-state index contributed by atoms with van der Waals surface area (Å²) in [6, 6.07) is 23.1. The SMILES string of the molecule is Cc1nccc(-c2ccc(CC(NC(=O)[C@@H]3Cc4cc5c(cc4CN3C(=O)Nc3cnccn3)O[C@@H](c3ccc(OCc4ccc(Cl)c(Cl)c4)cc3)CO5)C(=O)O)cc2)c1C. The molecule has 13 nitrogen and oxygen atoms in total. The van der Waals surface area contributed by atoms with E-state index in [9.17, 15) is 19.5 Å². The van der Waals surface area contributed by atoms with Crippen molar-refractivity contribution in [1.82, 2.24) is 25.2 Å². The molecule has 2 aromatic heterocycles. The number of anilines is 1. The molecule has 8 rings (SSSR count). The number of amides is 3. The van der Waals surface area contributed by atoms with Gasteiger partial charge in [-0.3, -0.25) is 20.1 Å². The number of carbonyl (C=O) groups is 3. The van der Waals surface area contributed by atoms with Crippen molar-refractivity contribution in [3.63, 3.8) is 0 Å². The van der Waals surface area contributed by atoms with Gasteiger partial charge in [0.05, 0.1) is 16.2 Å². The maximum atomic E-state index is 14.1. The maximum Gasteiger partial charge on any atom is 0.326 e. The summed E-state index contributed by atoms with van der Waals surface area (Å²) in [5, 5.41) is 16.6. The summed E-state index contributed by atoms with van der Waals surface area (Å²) in [5.74, 6) is 0.0123. The van der Waals surface area contributed by atoms with Gasteiger partial charge in [0.25, 0.3) is 0 Å². The fraction of sp³-hybridized carbons (Fsp3) is 0.217. The first kappa shape index (κ1) is 41.1. The second-order valence-corrected chi connectivity index (χ2v) is 15.6. The van der Waals surface area contributed by atoms with Crippen molar-refractivity contribution in [2.75, 3.05) is 11.9 Å². The second kappa shape index (κ2) is 17.9. The van der Waals surface area contributed by atoms with E-state index in [-0.39, 0.29) is 31.8 Å². The molecule has 0 saturated heterocycles. The third-order valence-electron chi connectivity index (χ3n) is 10.8. The van der Waals surface area contributed by atoms with Gasteiger partial charge in [-0.05, 0) is 101 Å². The van der Waals surface area contributed by atoms with Crippen molar-refractivity contribution >= 4 is 46.9 Å². The number of aliphatic carboxylic acids is 1. The van der Waals surface area contributed by atoms with Crippen molar-refractivity contribution < 1.29 is 33.7 Å². The number of carboxylic acids is 1. The van der Waals surface area contributed by atoms with Gasteiger partial charge in [-0.1, -0.05) is 65.7 Å². The number of benzene rings is 4. The van der Waals surface area contributed by atoms with Gasteiger partial charge in [0.2, 0.25) is 5.91 Å². The van der Waals surface area contributed by atoms with Crippen LogP contribution < -0.4 is 24.8 Å². The van der Waals surface area contributed by atoms with Crippen LogP contribution in [0.15, 0.2) is 110 Å². The third-order valence-corrected chi connectivity index (χ3v) is 11.6. The van der Waals surface area contributed by atoms with E-state index in [1.807, 2.05) is 86.6 Å². The Morgan fingerprint density at radius 2 is 1.66 bits per heavy atom. The number of ether oxygens (including phenoxy) is 3. The molecule has 0 spiro atoms. The van der Waals surface area contributed by atoms with Crippen LogP contribution in [-0.2, 0) is 35.6 Å². The minimum atomic E-state index is -1.27. The van der Waals surface area contributed by atoms with Crippen LogP contribution in [0.25, 0.3) is 11.1 Å². The lowest BCUT2D eigenvalue weighted by molar-refractivity contribution is -0.142. The maximum absolute atomic E-state index is 14.1. The Balaban J connectivity index is 0.978. The molecule has 1 unspecified atom stereocenters. The highest BCUT2D eigenvalue weighted by molar-refractivity contribution is 6.42. The summed E-state index contributed by atoms with van der Waals surface area (Å²) < 4.78 is 18.6. The summed E-state index contributed by atoms with van der Waals surface area (Å²) >= 11 is 12.2. The molecule has 3 amide bonds. The summed E-state index contributed by atoms with van der Waals surface area (Å²) in [6.07, 6.45) is 5.75. The van der Waals surface area contributed by atoms with Gasteiger partial charge in [0, 0.05) is 43.7 Å². The predicted octanol–water partition coefficient (Wildman–Crippen LogP) is 8.32. The van der Waals surface area contributed by atoms with Crippen LogP contribution in [0.4, 0.5) is 10.6 Å². The van der Waals surface area contributed by atoms with Crippen molar-refractivity contribution in [2.24, 2.45) is 0 Å². The Morgan fingerprint density at radius 3 is 2.39 bits per heavy atom. The van der Waals surface area contributed by atoms with E-state index in [1.54, 1.807) is 18.3 Å². The zero-order valence-electron chi connectivity index (χ0n) is 33.1.